The number of likely N-dealkylation sites (N-methyl/N-ethyl adjacent to an activating group) is 1. The number of hydrogen-bond acceptors (Lipinski definition) is 2. The molecule has 23 heavy (non-hydrogen) atoms. The van der Waals surface area contributed by atoms with E-state index in [4.69, 9.17) is 0 Å². The van der Waals surface area contributed by atoms with Gasteiger partial charge >= 0.3 is 6.18 Å². The summed E-state index contributed by atoms with van der Waals surface area (Å²) in [6.45, 7) is 1.68. The lowest BCUT2D eigenvalue weighted by atomic mass is 10.1. The zero-order valence-electron chi connectivity index (χ0n) is 12.6. The molecule has 0 aliphatic carbocycles. The maximum absolute atomic E-state index is 13.5. The molecule has 0 unspecified atom stereocenters. The Balaban J connectivity index is 2.08. The van der Waals surface area contributed by atoms with E-state index in [2.05, 4.69) is 0 Å². The molecule has 0 fully saturated rings. The molecular formula is C17H16F4N2. The Morgan fingerprint density at radius 1 is 1.00 bits per heavy atom. The Hall–Kier alpha value is -2.08. The van der Waals surface area contributed by atoms with Crippen molar-refractivity contribution in [3.8, 4) is 0 Å². The highest BCUT2D eigenvalue weighted by Crippen LogP contribution is 2.36. The summed E-state index contributed by atoms with van der Waals surface area (Å²) in [4.78, 5) is 3.82. The molecule has 0 amide bonds. The third-order valence-corrected chi connectivity index (χ3v) is 3.96. The van der Waals surface area contributed by atoms with Gasteiger partial charge in [-0.1, -0.05) is 6.07 Å². The number of nitrogens with zero attached hydrogens (tertiary/aromatic N) is 2. The van der Waals surface area contributed by atoms with Crippen LogP contribution >= 0.6 is 0 Å². The van der Waals surface area contributed by atoms with Crippen LogP contribution in [0.5, 0.6) is 0 Å². The number of halogens is 4. The molecule has 0 saturated heterocycles. The molecule has 122 valence electrons. The average Bonchev–Trinajstić information content (AvgIpc) is 2.63. The standard InChI is InChI=1S/C17H16F4N2/c1-22-7-8-23(15-4-2-3-14(18)10-15)16-6-5-13(17(19,20)21)9-12(16)11-22/h2-6,9-10H,7-8,11H2,1H3. The molecule has 0 spiro atoms. The van der Waals surface area contributed by atoms with E-state index in [-0.39, 0.29) is 5.82 Å². The van der Waals surface area contributed by atoms with Gasteiger partial charge in [0.15, 0.2) is 0 Å². The Morgan fingerprint density at radius 2 is 1.78 bits per heavy atom. The zero-order valence-corrected chi connectivity index (χ0v) is 12.6. The molecule has 0 radical (unpaired) electrons. The smallest absolute Gasteiger partial charge is 0.340 e. The van der Waals surface area contributed by atoms with Crippen LogP contribution in [-0.2, 0) is 12.7 Å². The quantitative estimate of drug-likeness (QED) is 0.716. The first-order valence-corrected chi connectivity index (χ1v) is 7.26. The Kier molecular flexibility index (Phi) is 4.02. The average molecular weight is 324 g/mol. The predicted molar refractivity (Wildman–Crippen MR) is 81.2 cm³/mol. The molecule has 0 bridgehead atoms. The van der Waals surface area contributed by atoms with Gasteiger partial charge in [0, 0.05) is 31.0 Å². The van der Waals surface area contributed by atoms with Crippen molar-refractivity contribution < 1.29 is 17.6 Å². The summed E-state index contributed by atoms with van der Waals surface area (Å²) in [6.07, 6.45) is -4.37. The minimum absolute atomic E-state index is 0.367. The van der Waals surface area contributed by atoms with Crippen LogP contribution in [0.15, 0.2) is 42.5 Å². The fourth-order valence-electron chi connectivity index (χ4n) is 2.83. The summed E-state index contributed by atoms with van der Waals surface area (Å²) in [5, 5.41) is 0. The number of alkyl halides is 3. The molecule has 0 saturated carbocycles. The van der Waals surface area contributed by atoms with Gasteiger partial charge in [-0.15, -0.1) is 0 Å². The van der Waals surface area contributed by atoms with Crippen molar-refractivity contribution in [2.45, 2.75) is 12.7 Å². The third kappa shape index (κ3) is 3.32. The van der Waals surface area contributed by atoms with Gasteiger partial charge in [0.1, 0.15) is 5.82 Å². The van der Waals surface area contributed by atoms with Gasteiger partial charge in [-0.2, -0.15) is 13.2 Å². The number of hydrogen-bond donors (Lipinski definition) is 0. The molecule has 3 rings (SSSR count). The molecule has 1 aliphatic heterocycles. The van der Waals surface area contributed by atoms with Crippen molar-refractivity contribution in [2.75, 3.05) is 25.0 Å². The largest absolute Gasteiger partial charge is 0.416 e. The van der Waals surface area contributed by atoms with Gasteiger partial charge in [-0.05, 0) is 49.0 Å². The second-order valence-corrected chi connectivity index (χ2v) is 5.71. The van der Waals surface area contributed by atoms with Crippen LogP contribution in [0.25, 0.3) is 0 Å². The van der Waals surface area contributed by atoms with Crippen LogP contribution in [0, 0.1) is 5.82 Å². The van der Waals surface area contributed by atoms with E-state index in [9.17, 15) is 17.6 Å². The first kappa shape index (κ1) is 15.8. The van der Waals surface area contributed by atoms with Gasteiger partial charge in [0.05, 0.1) is 5.56 Å². The summed E-state index contributed by atoms with van der Waals surface area (Å²) in [5.41, 5.74) is 1.25. The van der Waals surface area contributed by atoms with Crippen molar-refractivity contribution in [3.63, 3.8) is 0 Å². The summed E-state index contributed by atoms with van der Waals surface area (Å²) in [5.74, 6) is -0.367. The summed E-state index contributed by atoms with van der Waals surface area (Å²) < 4.78 is 52.4. The highest BCUT2D eigenvalue weighted by Gasteiger charge is 2.32. The molecule has 2 nitrogen and oxygen atoms in total. The monoisotopic (exact) mass is 324 g/mol. The lowest BCUT2D eigenvalue weighted by Gasteiger charge is -2.25. The van der Waals surface area contributed by atoms with Crippen molar-refractivity contribution in [2.24, 2.45) is 0 Å². The highest BCUT2D eigenvalue weighted by molar-refractivity contribution is 5.67. The SMILES string of the molecule is CN1CCN(c2cccc(F)c2)c2ccc(C(F)(F)F)cc2C1. The van der Waals surface area contributed by atoms with Crippen molar-refractivity contribution in [1.29, 1.82) is 0 Å². The van der Waals surface area contributed by atoms with Crippen LogP contribution in [0.2, 0.25) is 0 Å². The predicted octanol–water partition coefficient (Wildman–Crippen LogP) is 4.43. The van der Waals surface area contributed by atoms with E-state index in [1.807, 2.05) is 16.8 Å². The van der Waals surface area contributed by atoms with E-state index in [1.54, 1.807) is 12.1 Å². The number of anilines is 2. The first-order chi connectivity index (χ1) is 10.8. The Morgan fingerprint density at radius 3 is 2.48 bits per heavy atom. The second kappa shape index (κ2) is 5.85. The number of fused-ring (bicyclic) bond motifs is 1. The van der Waals surface area contributed by atoms with Gasteiger partial charge in [-0.3, -0.25) is 0 Å². The highest BCUT2D eigenvalue weighted by atomic mass is 19.4. The van der Waals surface area contributed by atoms with Crippen LogP contribution in [0.4, 0.5) is 28.9 Å². The minimum atomic E-state index is -4.37. The maximum Gasteiger partial charge on any atom is 0.416 e. The van der Waals surface area contributed by atoms with Gasteiger partial charge in [0.2, 0.25) is 0 Å². The molecule has 6 heteroatoms. The molecule has 0 aromatic heterocycles. The van der Waals surface area contributed by atoms with Gasteiger partial charge < -0.3 is 9.80 Å². The lowest BCUT2D eigenvalue weighted by molar-refractivity contribution is -0.137. The number of rotatable bonds is 1. The fraction of sp³-hybridized carbons (Fsp3) is 0.294. The van der Waals surface area contributed by atoms with Crippen LogP contribution in [0.3, 0.4) is 0 Å². The van der Waals surface area contributed by atoms with Crippen LogP contribution in [0.1, 0.15) is 11.1 Å². The van der Waals surface area contributed by atoms with Crippen LogP contribution < -0.4 is 4.90 Å². The Bertz CT molecular complexity index is 712. The van der Waals surface area contributed by atoms with E-state index in [1.165, 1.54) is 24.3 Å². The van der Waals surface area contributed by atoms with E-state index < -0.39 is 11.7 Å². The maximum atomic E-state index is 13.5. The molecular weight excluding hydrogens is 308 g/mol. The van der Waals surface area contributed by atoms with E-state index in [0.29, 0.717) is 36.6 Å². The van der Waals surface area contributed by atoms with Crippen LogP contribution in [-0.4, -0.2) is 25.0 Å². The molecule has 2 aromatic carbocycles. The Labute approximate surface area is 131 Å². The third-order valence-electron chi connectivity index (χ3n) is 3.96. The van der Waals surface area contributed by atoms with Crippen molar-refractivity contribution in [1.82, 2.24) is 4.90 Å². The van der Waals surface area contributed by atoms with Gasteiger partial charge in [0.25, 0.3) is 0 Å². The molecule has 0 N–H and O–H groups in total. The minimum Gasteiger partial charge on any atom is -0.340 e. The molecule has 1 heterocycles. The normalized spacial score (nSPS) is 16.1. The lowest BCUT2D eigenvalue weighted by Crippen LogP contribution is -2.26. The topological polar surface area (TPSA) is 6.48 Å². The second-order valence-electron chi connectivity index (χ2n) is 5.71. The number of benzene rings is 2. The van der Waals surface area contributed by atoms with Crippen molar-refractivity contribution >= 4 is 11.4 Å². The first-order valence-electron chi connectivity index (χ1n) is 7.26. The summed E-state index contributed by atoms with van der Waals surface area (Å²) in [7, 11) is 1.86. The van der Waals surface area contributed by atoms with Crippen molar-refractivity contribution in [3.05, 3.63) is 59.4 Å². The molecule has 0 atom stereocenters. The summed E-state index contributed by atoms with van der Waals surface area (Å²) >= 11 is 0. The van der Waals surface area contributed by atoms with Gasteiger partial charge in [-0.25, -0.2) is 4.39 Å². The summed E-state index contributed by atoms with van der Waals surface area (Å²) in [6, 6.07) is 9.84. The van der Waals surface area contributed by atoms with E-state index in [0.717, 1.165) is 6.07 Å². The molecule has 2 aromatic rings. The fourth-order valence-corrected chi connectivity index (χ4v) is 2.83. The molecule has 1 aliphatic rings. The zero-order chi connectivity index (χ0) is 16.6. The van der Waals surface area contributed by atoms with E-state index >= 15 is 0 Å².